The molecular weight excluding hydrogens is 310 g/mol. The molecule has 3 rings (SSSR count). The number of aromatic nitrogens is 1. The number of nitrogens with zero attached hydrogens (tertiary/aromatic N) is 1. The summed E-state index contributed by atoms with van der Waals surface area (Å²) in [4.78, 5) is 25.5. The van der Waals surface area contributed by atoms with E-state index in [2.05, 4.69) is 0 Å². The van der Waals surface area contributed by atoms with Gasteiger partial charge in [-0.2, -0.15) is 0 Å². The van der Waals surface area contributed by atoms with Gasteiger partial charge in [0.05, 0.1) is 23.9 Å². The van der Waals surface area contributed by atoms with Gasteiger partial charge in [-0.05, 0) is 18.2 Å². The van der Waals surface area contributed by atoms with Crippen LogP contribution in [0.4, 0.5) is 0 Å². The molecule has 1 heterocycles. The van der Waals surface area contributed by atoms with E-state index in [1.54, 1.807) is 6.20 Å². The topological polar surface area (TPSA) is 48.3 Å². The first-order valence-corrected chi connectivity index (χ1v) is 8.08. The lowest BCUT2D eigenvalue weighted by atomic mass is 10.2. The average Bonchev–Trinajstić information content (AvgIpc) is 3.00. The third-order valence-electron chi connectivity index (χ3n) is 3.49. The maximum absolute atomic E-state index is 12.5. The van der Waals surface area contributed by atoms with Crippen molar-refractivity contribution < 1.29 is 14.3 Å². The van der Waals surface area contributed by atoms with Crippen molar-refractivity contribution in [2.45, 2.75) is 4.90 Å². The minimum atomic E-state index is -0.441. The number of ether oxygens (including phenoxy) is 1. The Morgan fingerprint density at radius 2 is 1.74 bits per heavy atom. The number of thioether (sulfide) groups is 1. The van der Waals surface area contributed by atoms with E-state index in [0.29, 0.717) is 16.8 Å². The predicted octanol–water partition coefficient (Wildman–Crippen LogP) is 3.86. The van der Waals surface area contributed by atoms with Crippen LogP contribution in [0.1, 0.15) is 15.2 Å². The highest BCUT2D eigenvalue weighted by Gasteiger charge is 2.18. The molecule has 0 unspecified atom stereocenters. The van der Waals surface area contributed by atoms with Gasteiger partial charge in [0, 0.05) is 16.5 Å². The van der Waals surface area contributed by atoms with Crippen LogP contribution in [0.25, 0.3) is 10.9 Å². The Balaban J connectivity index is 1.90. The van der Waals surface area contributed by atoms with Crippen LogP contribution in [0.15, 0.2) is 65.7 Å². The van der Waals surface area contributed by atoms with Gasteiger partial charge in [0.2, 0.25) is 5.91 Å². The molecule has 3 aromatic rings. The van der Waals surface area contributed by atoms with Crippen molar-refractivity contribution in [2.24, 2.45) is 0 Å². The lowest BCUT2D eigenvalue weighted by molar-refractivity contribution is 0.0603. The van der Waals surface area contributed by atoms with Crippen LogP contribution in [0, 0.1) is 0 Å². The molecule has 4 nitrogen and oxygen atoms in total. The molecule has 0 aliphatic heterocycles. The van der Waals surface area contributed by atoms with Gasteiger partial charge in [-0.15, -0.1) is 11.8 Å². The van der Waals surface area contributed by atoms with Crippen LogP contribution in [-0.4, -0.2) is 29.3 Å². The molecule has 0 bridgehead atoms. The minimum absolute atomic E-state index is 0.0785. The van der Waals surface area contributed by atoms with Gasteiger partial charge in [0.15, 0.2) is 0 Å². The fourth-order valence-electron chi connectivity index (χ4n) is 2.39. The molecule has 0 aliphatic carbocycles. The number of hydrogen-bond acceptors (Lipinski definition) is 4. The Hall–Kier alpha value is -2.53. The lowest BCUT2D eigenvalue weighted by Gasteiger charge is -2.04. The van der Waals surface area contributed by atoms with E-state index in [0.717, 1.165) is 10.3 Å². The van der Waals surface area contributed by atoms with E-state index in [-0.39, 0.29) is 5.91 Å². The van der Waals surface area contributed by atoms with Gasteiger partial charge in [-0.1, -0.05) is 36.4 Å². The van der Waals surface area contributed by atoms with Gasteiger partial charge < -0.3 is 4.74 Å². The van der Waals surface area contributed by atoms with Crippen LogP contribution in [0.5, 0.6) is 0 Å². The highest BCUT2D eigenvalue weighted by Crippen LogP contribution is 2.24. The first-order valence-electron chi connectivity index (χ1n) is 7.10. The van der Waals surface area contributed by atoms with Crippen molar-refractivity contribution in [1.82, 2.24) is 4.57 Å². The van der Waals surface area contributed by atoms with Gasteiger partial charge in [-0.25, -0.2) is 4.79 Å². The van der Waals surface area contributed by atoms with Crippen molar-refractivity contribution in [3.05, 3.63) is 66.4 Å². The van der Waals surface area contributed by atoms with Crippen LogP contribution in [0.3, 0.4) is 0 Å². The zero-order valence-corrected chi connectivity index (χ0v) is 13.4. The SMILES string of the molecule is COC(=O)c1cn(C(=O)CSc2ccccc2)c2ccccc12. The molecule has 2 aromatic carbocycles. The summed E-state index contributed by atoms with van der Waals surface area (Å²) in [7, 11) is 1.33. The molecule has 0 spiro atoms. The summed E-state index contributed by atoms with van der Waals surface area (Å²) in [5, 5.41) is 0.720. The van der Waals surface area contributed by atoms with E-state index in [4.69, 9.17) is 4.74 Å². The zero-order valence-electron chi connectivity index (χ0n) is 12.6. The van der Waals surface area contributed by atoms with E-state index in [1.807, 2.05) is 54.6 Å². The summed E-state index contributed by atoms with van der Waals surface area (Å²) in [6.45, 7) is 0. The Labute approximate surface area is 138 Å². The van der Waals surface area contributed by atoms with Crippen LogP contribution < -0.4 is 0 Å². The third kappa shape index (κ3) is 3.14. The molecule has 1 aromatic heterocycles. The van der Waals surface area contributed by atoms with Crippen LogP contribution in [-0.2, 0) is 4.74 Å². The second-order valence-corrected chi connectivity index (χ2v) is 5.97. The number of esters is 1. The minimum Gasteiger partial charge on any atom is -0.465 e. The predicted molar refractivity (Wildman–Crippen MR) is 91.1 cm³/mol. The Bertz CT molecular complexity index is 855. The summed E-state index contributed by atoms with van der Waals surface area (Å²) in [6, 6.07) is 17.1. The van der Waals surface area contributed by atoms with E-state index >= 15 is 0 Å². The summed E-state index contributed by atoms with van der Waals surface area (Å²) >= 11 is 1.47. The molecule has 0 N–H and O–H groups in total. The zero-order chi connectivity index (χ0) is 16.2. The first kappa shape index (κ1) is 15.4. The highest BCUT2D eigenvalue weighted by atomic mass is 32.2. The van der Waals surface area contributed by atoms with Crippen molar-refractivity contribution >= 4 is 34.5 Å². The summed E-state index contributed by atoms with van der Waals surface area (Å²) < 4.78 is 6.32. The van der Waals surface area contributed by atoms with E-state index in [1.165, 1.54) is 23.4 Å². The van der Waals surface area contributed by atoms with Crippen LogP contribution in [0.2, 0.25) is 0 Å². The monoisotopic (exact) mass is 325 g/mol. The molecule has 0 saturated carbocycles. The molecule has 5 heteroatoms. The van der Waals surface area contributed by atoms with Gasteiger partial charge in [-0.3, -0.25) is 9.36 Å². The second kappa shape index (κ2) is 6.71. The molecular formula is C18H15NO3S. The third-order valence-corrected chi connectivity index (χ3v) is 4.49. The number of rotatable bonds is 4. The van der Waals surface area contributed by atoms with Crippen molar-refractivity contribution in [3.63, 3.8) is 0 Å². The molecule has 0 saturated heterocycles. The second-order valence-electron chi connectivity index (χ2n) is 4.92. The molecule has 23 heavy (non-hydrogen) atoms. The number of fused-ring (bicyclic) bond motifs is 1. The van der Waals surface area contributed by atoms with E-state index < -0.39 is 5.97 Å². The summed E-state index contributed by atoms with van der Waals surface area (Å²) in [6.07, 6.45) is 1.56. The molecule has 0 amide bonds. The molecule has 116 valence electrons. The molecule has 0 fully saturated rings. The average molecular weight is 325 g/mol. The first-order chi connectivity index (χ1) is 11.2. The maximum Gasteiger partial charge on any atom is 0.340 e. The summed E-state index contributed by atoms with van der Waals surface area (Å²) in [5.74, 6) is -0.225. The van der Waals surface area contributed by atoms with Gasteiger partial charge in [0.25, 0.3) is 0 Å². The summed E-state index contributed by atoms with van der Waals surface area (Å²) in [5.41, 5.74) is 1.12. The number of para-hydroxylation sites is 1. The number of carbonyl (C=O) groups is 2. The smallest absolute Gasteiger partial charge is 0.340 e. The Morgan fingerprint density at radius 1 is 1.04 bits per heavy atom. The fourth-order valence-corrected chi connectivity index (χ4v) is 3.17. The van der Waals surface area contributed by atoms with Crippen molar-refractivity contribution in [1.29, 1.82) is 0 Å². The standard InChI is InChI=1S/C18H15NO3S/c1-22-18(21)15-11-19(16-10-6-5-9-14(15)16)17(20)12-23-13-7-3-2-4-8-13/h2-11H,12H2,1H3. The molecule has 0 aliphatic rings. The quantitative estimate of drug-likeness (QED) is 0.540. The van der Waals surface area contributed by atoms with Crippen LogP contribution >= 0.6 is 11.8 Å². The normalized spacial score (nSPS) is 10.7. The fraction of sp³-hybridized carbons (Fsp3) is 0.111. The van der Waals surface area contributed by atoms with E-state index in [9.17, 15) is 9.59 Å². The molecule has 0 atom stereocenters. The largest absolute Gasteiger partial charge is 0.465 e. The van der Waals surface area contributed by atoms with Crippen molar-refractivity contribution in [3.8, 4) is 0 Å². The number of carbonyl (C=O) groups excluding carboxylic acids is 2. The Kier molecular flexibility index (Phi) is 4.48. The maximum atomic E-state index is 12.5. The van der Waals surface area contributed by atoms with Gasteiger partial charge >= 0.3 is 5.97 Å². The number of benzene rings is 2. The lowest BCUT2D eigenvalue weighted by Crippen LogP contribution is -2.12. The highest BCUT2D eigenvalue weighted by molar-refractivity contribution is 8.00. The number of hydrogen-bond donors (Lipinski definition) is 0. The number of methoxy groups -OCH3 is 1. The van der Waals surface area contributed by atoms with Crippen molar-refractivity contribution in [2.75, 3.05) is 12.9 Å². The van der Waals surface area contributed by atoms with Gasteiger partial charge in [0.1, 0.15) is 0 Å². The molecule has 0 radical (unpaired) electrons. The Morgan fingerprint density at radius 3 is 2.48 bits per heavy atom.